The van der Waals surface area contributed by atoms with E-state index in [4.69, 9.17) is 17.3 Å². The van der Waals surface area contributed by atoms with E-state index in [0.717, 1.165) is 19.3 Å². The van der Waals surface area contributed by atoms with Crippen LogP contribution in [0.3, 0.4) is 0 Å². The van der Waals surface area contributed by atoms with Crippen molar-refractivity contribution in [3.63, 3.8) is 0 Å². The van der Waals surface area contributed by atoms with E-state index in [0.29, 0.717) is 10.7 Å². The van der Waals surface area contributed by atoms with Crippen LogP contribution in [0.4, 0.5) is 10.5 Å². The van der Waals surface area contributed by atoms with Gasteiger partial charge in [0, 0.05) is 12.1 Å². The molecule has 4 nitrogen and oxygen atoms in total. The molecule has 0 bridgehead atoms. The predicted molar refractivity (Wildman–Crippen MR) is 69.2 cm³/mol. The van der Waals surface area contributed by atoms with Crippen LogP contribution < -0.4 is 16.4 Å². The second kappa shape index (κ2) is 5.38. The maximum Gasteiger partial charge on any atom is 0.319 e. The summed E-state index contributed by atoms with van der Waals surface area (Å²) in [5.41, 5.74) is 6.49. The fourth-order valence-corrected chi connectivity index (χ4v) is 2.24. The number of rotatable bonds is 2. The molecule has 1 fully saturated rings. The molecule has 5 heteroatoms. The van der Waals surface area contributed by atoms with E-state index in [2.05, 4.69) is 10.6 Å². The van der Waals surface area contributed by atoms with Gasteiger partial charge in [-0.05, 0) is 31.4 Å². The molecule has 2 unspecified atom stereocenters. The minimum Gasteiger partial charge on any atom is -0.334 e. The topological polar surface area (TPSA) is 67.1 Å². The lowest BCUT2D eigenvalue weighted by atomic mass is 10.2. The summed E-state index contributed by atoms with van der Waals surface area (Å²) in [6, 6.07) is 7.01. The highest BCUT2D eigenvalue weighted by atomic mass is 35.5. The molecule has 2 atom stereocenters. The largest absolute Gasteiger partial charge is 0.334 e. The molecule has 2 amide bonds. The van der Waals surface area contributed by atoms with Gasteiger partial charge in [0.2, 0.25) is 0 Å². The first-order valence-corrected chi connectivity index (χ1v) is 6.12. The molecule has 0 aliphatic heterocycles. The van der Waals surface area contributed by atoms with Crippen molar-refractivity contribution in [2.24, 2.45) is 5.73 Å². The van der Waals surface area contributed by atoms with Crippen LogP contribution in [0.5, 0.6) is 0 Å². The van der Waals surface area contributed by atoms with Crippen LogP contribution >= 0.6 is 11.6 Å². The Morgan fingerprint density at radius 2 is 2.12 bits per heavy atom. The molecule has 0 saturated heterocycles. The van der Waals surface area contributed by atoms with Crippen molar-refractivity contribution in [3.05, 3.63) is 29.3 Å². The number of anilines is 1. The zero-order chi connectivity index (χ0) is 12.3. The smallest absolute Gasteiger partial charge is 0.319 e. The lowest BCUT2D eigenvalue weighted by Crippen LogP contribution is -2.45. The summed E-state index contributed by atoms with van der Waals surface area (Å²) >= 11 is 5.95. The lowest BCUT2D eigenvalue weighted by Gasteiger charge is -2.17. The molecule has 2 rings (SSSR count). The molecule has 0 aromatic heterocycles. The second-order valence-electron chi connectivity index (χ2n) is 4.28. The lowest BCUT2D eigenvalue weighted by molar-refractivity contribution is 0.247. The Morgan fingerprint density at radius 1 is 1.35 bits per heavy atom. The van der Waals surface area contributed by atoms with E-state index < -0.39 is 0 Å². The van der Waals surface area contributed by atoms with Gasteiger partial charge in [-0.15, -0.1) is 0 Å². The summed E-state index contributed by atoms with van der Waals surface area (Å²) < 4.78 is 0. The Labute approximate surface area is 106 Å². The standard InChI is InChI=1S/C12H16ClN3O/c13-8-4-1-2-6-10(8)15-12(17)16-11-7-3-5-9(11)14/h1-2,4,6,9,11H,3,5,7,14H2,(H2,15,16,17). The molecule has 4 N–H and O–H groups in total. The number of para-hydroxylation sites is 1. The maximum absolute atomic E-state index is 11.7. The van der Waals surface area contributed by atoms with Crippen LogP contribution in [-0.2, 0) is 0 Å². The van der Waals surface area contributed by atoms with Crippen molar-refractivity contribution >= 4 is 23.3 Å². The average Bonchev–Trinajstić information content (AvgIpc) is 2.68. The highest BCUT2D eigenvalue weighted by Crippen LogP contribution is 2.21. The number of nitrogens with two attached hydrogens (primary N) is 1. The van der Waals surface area contributed by atoms with Crippen LogP contribution in [0.25, 0.3) is 0 Å². The van der Waals surface area contributed by atoms with Gasteiger partial charge in [-0.2, -0.15) is 0 Å². The first kappa shape index (κ1) is 12.2. The van der Waals surface area contributed by atoms with Gasteiger partial charge >= 0.3 is 6.03 Å². The van der Waals surface area contributed by atoms with Crippen LogP contribution in [0.2, 0.25) is 5.02 Å². The van der Waals surface area contributed by atoms with Gasteiger partial charge in [0.05, 0.1) is 10.7 Å². The van der Waals surface area contributed by atoms with Gasteiger partial charge in [-0.3, -0.25) is 0 Å². The van der Waals surface area contributed by atoms with E-state index in [9.17, 15) is 4.79 Å². The Bertz CT molecular complexity index is 410. The summed E-state index contributed by atoms with van der Waals surface area (Å²) in [6.45, 7) is 0. The Kier molecular flexibility index (Phi) is 3.86. The van der Waals surface area contributed by atoms with Crippen LogP contribution in [0, 0.1) is 0 Å². The van der Waals surface area contributed by atoms with Gasteiger partial charge in [0.15, 0.2) is 0 Å². The number of hydrogen-bond acceptors (Lipinski definition) is 2. The molecular formula is C12H16ClN3O. The normalized spacial score (nSPS) is 23.4. The second-order valence-corrected chi connectivity index (χ2v) is 4.69. The molecule has 1 aromatic carbocycles. The summed E-state index contributed by atoms with van der Waals surface area (Å²) in [6.07, 6.45) is 2.98. The van der Waals surface area contributed by atoms with Crippen molar-refractivity contribution in [2.75, 3.05) is 5.32 Å². The van der Waals surface area contributed by atoms with Crippen molar-refractivity contribution in [2.45, 2.75) is 31.3 Å². The Balaban J connectivity index is 1.91. The van der Waals surface area contributed by atoms with Gasteiger partial charge in [-0.25, -0.2) is 4.79 Å². The third kappa shape index (κ3) is 3.11. The number of halogens is 1. The summed E-state index contributed by atoms with van der Waals surface area (Å²) in [5.74, 6) is 0. The quantitative estimate of drug-likeness (QED) is 0.757. The third-order valence-electron chi connectivity index (χ3n) is 3.01. The Morgan fingerprint density at radius 3 is 2.76 bits per heavy atom. The minimum atomic E-state index is -0.250. The van der Waals surface area contributed by atoms with Crippen LogP contribution in [-0.4, -0.2) is 18.1 Å². The highest BCUT2D eigenvalue weighted by molar-refractivity contribution is 6.33. The zero-order valence-corrected chi connectivity index (χ0v) is 10.2. The third-order valence-corrected chi connectivity index (χ3v) is 3.34. The van der Waals surface area contributed by atoms with Crippen molar-refractivity contribution in [1.29, 1.82) is 0 Å². The summed E-state index contributed by atoms with van der Waals surface area (Å²) in [7, 11) is 0. The Hall–Kier alpha value is -1.26. The first-order valence-electron chi connectivity index (χ1n) is 5.74. The maximum atomic E-state index is 11.7. The number of carbonyl (C=O) groups excluding carboxylic acids is 1. The van der Waals surface area contributed by atoms with Crippen molar-refractivity contribution < 1.29 is 4.79 Å². The first-order chi connectivity index (χ1) is 8.16. The summed E-state index contributed by atoms with van der Waals surface area (Å²) in [5, 5.41) is 6.12. The fourth-order valence-electron chi connectivity index (χ4n) is 2.06. The number of hydrogen-bond donors (Lipinski definition) is 3. The van der Waals surface area contributed by atoms with Crippen molar-refractivity contribution in [1.82, 2.24) is 5.32 Å². The predicted octanol–water partition coefficient (Wildman–Crippen LogP) is 2.34. The molecule has 17 heavy (non-hydrogen) atoms. The molecule has 1 saturated carbocycles. The molecular weight excluding hydrogens is 238 g/mol. The van der Waals surface area contributed by atoms with E-state index in [1.54, 1.807) is 12.1 Å². The highest BCUT2D eigenvalue weighted by Gasteiger charge is 2.25. The molecule has 1 aromatic rings. The average molecular weight is 254 g/mol. The molecule has 1 aliphatic carbocycles. The van der Waals surface area contributed by atoms with Gasteiger partial charge < -0.3 is 16.4 Å². The fraction of sp³-hybridized carbons (Fsp3) is 0.417. The summed E-state index contributed by atoms with van der Waals surface area (Å²) in [4.78, 5) is 11.7. The number of carbonyl (C=O) groups is 1. The number of amides is 2. The number of benzene rings is 1. The van der Waals surface area contributed by atoms with Crippen molar-refractivity contribution in [3.8, 4) is 0 Å². The van der Waals surface area contributed by atoms with Crippen LogP contribution in [0.15, 0.2) is 24.3 Å². The molecule has 0 spiro atoms. The van der Waals surface area contributed by atoms with Gasteiger partial charge in [-0.1, -0.05) is 23.7 Å². The molecule has 1 aliphatic rings. The van der Waals surface area contributed by atoms with E-state index in [1.165, 1.54) is 0 Å². The van der Waals surface area contributed by atoms with Gasteiger partial charge in [0.1, 0.15) is 0 Å². The van der Waals surface area contributed by atoms with Crippen LogP contribution in [0.1, 0.15) is 19.3 Å². The minimum absolute atomic E-state index is 0.0620. The molecule has 92 valence electrons. The van der Waals surface area contributed by atoms with Gasteiger partial charge in [0.25, 0.3) is 0 Å². The van der Waals surface area contributed by atoms with E-state index in [-0.39, 0.29) is 18.1 Å². The monoisotopic (exact) mass is 253 g/mol. The zero-order valence-electron chi connectivity index (χ0n) is 9.45. The van der Waals surface area contributed by atoms with E-state index in [1.807, 2.05) is 12.1 Å². The van der Waals surface area contributed by atoms with E-state index >= 15 is 0 Å². The SMILES string of the molecule is NC1CCCC1NC(=O)Nc1ccccc1Cl. The number of nitrogens with one attached hydrogen (secondary N) is 2. The molecule has 0 heterocycles. The number of urea groups is 1. The molecule has 0 radical (unpaired) electrons.